The van der Waals surface area contributed by atoms with Gasteiger partial charge in [0, 0.05) is 62.2 Å². The number of rotatable bonds is 7. The van der Waals surface area contributed by atoms with E-state index in [9.17, 15) is 13.9 Å². The van der Waals surface area contributed by atoms with Crippen LogP contribution < -0.4 is 15.1 Å². The lowest BCUT2D eigenvalue weighted by Crippen LogP contribution is -2.52. The zero-order valence-electron chi connectivity index (χ0n) is 23.9. The molecule has 0 aliphatic carbocycles. The number of nitrogens with zero attached hydrogens (tertiary/aromatic N) is 5. The Morgan fingerprint density at radius 1 is 1.00 bits per heavy atom. The fourth-order valence-corrected chi connectivity index (χ4v) is 6.36. The van der Waals surface area contributed by atoms with Gasteiger partial charge in [-0.05, 0) is 80.6 Å². The minimum atomic E-state index is -0.341. The molecule has 41 heavy (non-hydrogen) atoms. The molecular formula is C32H37FN6OS. The molecule has 0 amide bonds. The number of para-hydroxylation sites is 1. The van der Waals surface area contributed by atoms with Gasteiger partial charge < -0.3 is 15.1 Å². The molecule has 1 atom stereocenters. The van der Waals surface area contributed by atoms with Crippen molar-refractivity contribution in [3.8, 4) is 6.07 Å². The van der Waals surface area contributed by atoms with Crippen molar-refractivity contribution in [1.82, 2.24) is 4.90 Å². The van der Waals surface area contributed by atoms with Gasteiger partial charge in [0.05, 0.1) is 11.3 Å². The summed E-state index contributed by atoms with van der Waals surface area (Å²) in [5, 5.41) is 13.3. The quantitative estimate of drug-likeness (QED) is 0.389. The van der Waals surface area contributed by atoms with E-state index in [1.165, 1.54) is 22.8 Å². The highest BCUT2D eigenvalue weighted by Crippen LogP contribution is 2.30. The van der Waals surface area contributed by atoms with Crippen molar-refractivity contribution in [2.45, 2.75) is 52.4 Å². The van der Waals surface area contributed by atoms with Crippen LogP contribution >= 0.6 is 0 Å². The molecule has 2 fully saturated rings. The average molecular weight is 573 g/mol. The van der Waals surface area contributed by atoms with Crippen molar-refractivity contribution in [2.75, 3.05) is 47.8 Å². The van der Waals surface area contributed by atoms with Gasteiger partial charge >= 0.3 is 0 Å². The van der Waals surface area contributed by atoms with Crippen molar-refractivity contribution < 1.29 is 8.60 Å². The number of hydrogen-bond acceptors (Lipinski definition) is 7. The van der Waals surface area contributed by atoms with Crippen LogP contribution in [0.5, 0.6) is 0 Å². The molecule has 2 heterocycles. The second kappa shape index (κ2) is 12.8. The van der Waals surface area contributed by atoms with E-state index in [4.69, 9.17) is 0 Å². The topological polar surface area (TPSA) is 75.0 Å². The van der Waals surface area contributed by atoms with E-state index in [-0.39, 0.29) is 23.4 Å². The van der Waals surface area contributed by atoms with E-state index in [2.05, 4.69) is 56.4 Å². The number of piperidine rings is 1. The Balaban J connectivity index is 1.25. The summed E-state index contributed by atoms with van der Waals surface area (Å²) in [4.78, 5) is 6.70. The number of aryl methyl sites for hydroxylation is 2. The maximum atomic E-state index is 14.3. The first kappa shape index (κ1) is 28.8. The Morgan fingerprint density at radius 3 is 2.51 bits per heavy atom. The standard InChI is InChI=1S/C32H37FN6OS/c1-22-17-23(2)29(35-27-11-13-38(14-12-27)31-9-5-4-7-25(31)19-34)18-26(22)20-37-15-16-39(32(21-37)36-41-40)30-10-6-8-28(33)24(30)3/h4-10,17-18,27,32,35H,11-16,20-21H2,1-3H3. The van der Waals surface area contributed by atoms with Gasteiger partial charge in [0.25, 0.3) is 0 Å². The summed E-state index contributed by atoms with van der Waals surface area (Å²) < 4.78 is 30.0. The van der Waals surface area contributed by atoms with Crippen molar-refractivity contribution in [1.29, 1.82) is 5.26 Å². The first-order chi connectivity index (χ1) is 19.9. The molecule has 2 aliphatic rings. The van der Waals surface area contributed by atoms with Crippen LogP contribution in [0, 0.1) is 37.9 Å². The third-order valence-corrected chi connectivity index (χ3v) is 8.78. The van der Waals surface area contributed by atoms with Gasteiger partial charge in [-0.3, -0.25) is 4.90 Å². The molecule has 0 spiro atoms. The first-order valence-corrected chi connectivity index (χ1v) is 14.9. The van der Waals surface area contributed by atoms with Crippen LogP contribution in [0.25, 0.3) is 0 Å². The van der Waals surface area contributed by atoms with Crippen LogP contribution in [0.15, 0.2) is 59.0 Å². The fourth-order valence-electron chi connectivity index (χ4n) is 6.08. The van der Waals surface area contributed by atoms with Crippen LogP contribution in [0.4, 0.5) is 21.5 Å². The van der Waals surface area contributed by atoms with Crippen LogP contribution in [-0.4, -0.2) is 54.0 Å². The Morgan fingerprint density at radius 2 is 1.76 bits per heavy atom. The van der Waals surface area contributed by atoms with Crippen molar-refractivity contribution in [3.63, 3.8) is 0 Å². The van der Waals surface area contributed by atoms with E-state index in [1.807, 2.05) is 30.3 Å². The predicted octanol–water partition coefficient (Wildman–Crippen LogP) is 5.75. The molecule has 0 saturated carbocycles. The van der Waals surface area contributed by atoms with Crippen molar-refractivity contribution >= 4 is 28.5 Å². The number of halogens is 1. The van der Waals surface area contributed by atoms with Gasteiger partial charge in [-0.25, -0.2) is 4.39 Å². The zero-order valence-corrected chi connectivity index (χ0v) is 24.8. The second-order valence-electron chi connectivity index (χ2n) is 11.1. The minimum absolute atomic E-state index is 0.236. The van der Waals surface area contributed by atoms with Gasteiger partial charge in [0.1, 0.15) is 18.1 Å². The number of piperazine rings is 1. The zero-order chi connectivity index (χ0) is 28.9. The molecule has 1 N–H and O–H groups in total. The normalized spacial score (nSPS) is 18.2. The summed E-state index contributed by atoms with van der Waals surface area (Å²) in [6, 6.07) is 20.1. The molecule has 0 aromatic heterocycles. The highest BCUT2D eigenvalue weighted by atomic mass is 32.1. The average Bonchev–Trinajstić information content (AvgIpc) is 2.98. The Bertz CT molecular complexity index is 1490. The third-order valence-electron chi connectivity index (χ3n) is 8.45. The van der Waals surface area contributed by atoms with E-state index in [1.54, 1.807) is 13.0 Å². The highest BCUT2D eigenvalue weighted by Gasteiger charge is 2.29. The van der Waals surface area contributed by atoms with Gasteiger partial charge in [-0.2, -0.15) is 13.8 Å². The predicted molar refractivity (Wildman–Crippen MR) is 164 cm³/mol. The molecule has 3 aromatic carbocycles. The lowest BCUT2D eigenvalue weighted by Gasteiger charge is -2.41. The maximum absolute atomic E-state index is 14.3. The van der Waals surface area contributed by atoms with Crippen LogP contribution in [0.2, 0.25) is 0 Å². The summed E-state index contributed by atoms with van der Waals surface area (Å²) in [6.07, 6.45) is 1.66. The fraction of sp³-hybridized carbons (Fsp3) is 0.406. The van der Waals surface area contributed by atoms with Crippen LogP contribution in [0.3, 0.4) is 0 Å². The molecule has 3 aromatic rings. The van der Waals surface area contributed by atoms with Gasteiger partial charge in [0.15, 0.2) is 0 Å². The van der Waals surface area contributed by atoms with Crippen LogP contribution in [0.1, 0.15) is 40.7 Å². The number of anilines is 3. The molecular weight excluding hydrogens is 535 g/mol. The van der Waals surface area contributed by atoms with E-state index < -0.39 is 0 Å². The van der Waals surface area contributed by atoms with E-state index >= 15 is 0 Å². The van der Waals surface area contributed by atoms with Gasteiger partial charge in [-0.1, -0.05) is 24.3 Å². The van der Waals surface area contributed by atoms with Crippen molar-refractivity contribution in [3.05, 3.63) is 88.2 Å². The Labute approximate surface area is 245 Å². The van der Waals surface area contributed by atoms with Gasteiger partial charge in [0.2, 0.25) is 11.5 Å². The number of benzene rings is 3. The molecule has 2 aliphatic heterocycles. The Kier molecular flexibility index (Phi) is 9.01. The second-order valence-corrected chi connectivity index (χ2v) is 11.5. The Hall–Kier alpha value is -3.74. The molecule has 7 nitrogen and oxygen atoms in total. The lowest BCUT2D eigenvalue weighted by molar-refractivity contribution is 0.218. The molecule has 1 unspecified atom stereocenters. The smallest absolute Gasteiger partial charge is 0.201 e. The highest BCUT2D eigenvalue weighted by molar-refractivity contribution is 7.54. The largest absolute Gasteiger partial charge is 0.382 e. The van der Waals surface area contributed by atoms with E-state index in [0.717, 1.165) is 61.6 Å². The summed E-state index contributed by atoms with van der Waals surface area (Å²) in [5.41, 5.74) is 8.02. The number of hydrogen-bond donors (Lipinski definition) is 1. The molecule has 2 saturated heterocycles. The number of nitriles is 1. The lowest BCUT2D eigenvalue weighted by atomic mass is 9.99. The van der Waals surface area contributed by atoms with Crippen molar-refractivity contribution in [2.24, 2.45) is 4.36 Å². The molecule has 214 valence electrons. The van der Waals surface area contributed by atoms with Crippen LogP contribution in [-0.2, 0) is 18.0 Å². The minimum Gasteiger partial charge on any atom is -0.382 e. The van der Waals surface area contributed by atoms with Gasteiger partial charge in [-0.15, -0.1) is 0 Å². The SMILES string of the molecule is Cc1cc(C)c(NC2CCN(c3ccccc3C#N)CC2)cc1CN1CCN(c2cccc(F)c2C)C(N=S=O)C1. The third kappa shape index (κ3) is 6.45. The molecule has 5 rings (SSSR count). The monoisotopic (exact) mass is 572 g/mol. The molecule has 0 bridgehead atoms. The maximum Gasteiger partial charge on any atom is 0.201 e. The summed E-state index contributed by atoms with van der Waals surface area (Å²) in [6.45, 7) is 10.7. The first-order valence-electron chi connectivity index (χ1n) is 14.2. The summed E-state index contributed by atoms with van der Waals surface area (Å²) >= 11 is 0.236. The van der Waals surface area contributed by atoms with E-state index in [0.29, 0.717) is 24.7 Å². The molecule has 9 heteroatoms. The summed E-state index contributed by atoms with van der Waals surface area (Å²) in [5.74, 6) is -0.244. The summed E-state index contributed by atoms with van der Waals surface area (Å²) in [7, 11) is 0. The molecule has 0 radical (unpaired) electrons. The number of nitrogens with one attached hydrogen (secondary N) is 1.